The van der Waals surface area contributed by atoms with E-state index in [-0.39, 0.29) is 0 Å². The summed E-state index contributed by atoms with van der Waals surface area (Å²) in [7, 11) is 0. The van der Waals surface area contributed by atoms with Crippen molar-refractivity contribution in [2.24, 2.45) is 0 Å². The third kappa shape index (κ3) is 5.38. The molecule has 55 heavy (non-hydrogen) atoms. The standard InChI is InChI=1S/C51H31N3S/c1-2-11-32(12-3-1)37-13-10-14-38(31-37)51-53-45-19-8-5-17-42(45)48(54-51)35-25-21-33(22-26-35)34-23-27-36(28-24-34)49-43-30-29-40-39-15-6-9-20-46(39)55-50(40)47(43)41-16-4-7-18-44(41)52-49/h1-31H. The van der Waals surface area contributed by atoms with Crippen LogP contribution in [0.2, 0.25) is 0 Å². The van der Waals surface area contributed by atoms with E-state index < -0.39 is 0 Å². The molecule has 0 saturated carbocycles. The van der Waals surface area contributed by atoms with Crippen molar-refractivity contribution in [1.82, 2.24) is 15.0 Å². The van der Waals surface area contributed by atoms with Gasteiger partial charge in [-0.1, -0.05) is 164 Å². The highest BCUT2D eigenvalue weighted by Gasteiger charge is 2.17. The first kappa shape index (κ1) is 31.5. The largest absolute Gasteiger partial charge is 0.247 e. The monoisotopic (exact) mass is 717 g/mol. The fourth-order valence-corrected chi connectivity index (χ4v) is 9.24. The van der Waals surface area contributed by atoms with Crippen LogP contribution in [0.4, 0.5) is 0 Å². The number of benzene rings is 8. The summed E-state index contributed by atoms with van der Waals surface area (Å²) < 4.78 is 2.63. The van der Waals surface area contributed by atoms with Gasteiger partial charge in [-0.3, -0.25) is 0 Å². The minimum absolute atomic E-state index is 0.717. The van der Waals surface area contributed by atoms with Crippen molar-refractivity contribution in [2.75, 3.05) is 0 Å². The number of aromatic nitrogens is 3. The smallest absolute Gasteiger partial charge is 0.160 e. The minimum Gasteiger partial charge on any atom is -0.247 e. The first-order chi connectivity index (χ1) is 27.2. The molecule has 0 fully saturated rings. The van der Waals surface area contributed by atoms with Gasteiger partial charge in [-0.2, -0.15) is 0 Å². The predicted octanol–water partition coefficient (Wildman–Crippen LogP) is 14.0. The van der Waals surface area contributed by atoms with Gasteiger partial charge < -0.3 is 0 Å². The third-order valence-corrected chi connectivity index (χ3v) is 11.9. The van der Waals surface area contributed by atoms with Crippen LogP contribution in [-0.4, -0.2) is 15.0 Å². The molecule has 0 spiro atoms. The lowest BCUT2D eigenvalue weighted by Crippen LogP contribution is -1.95. The van der Waals surface area contributed by atoms with Crippen LogP contribution in [0.1, 0.15) is 0 Å². The van der Waals surface area contributed by atoms with Gasteiger partial charge in [0.1, 0.15) is 0 Å². The molecule has 0 saturated heterocycles. The van der Waals surface area contributed by atoms with Crippen molar-refractivity contribution in [2.45, 2.75) is 0 Å². The Kier molecular flexibility index (Phi) is 7.35. The summed E-state index contributed by atoms with van der Waals surface area (Å²) in [4.78, 5) is 15.4. The average Bonchev–Trinajstić information content (AvgIpc) is 3.65. The van der Waals surface area contributed by atoms with Crippen LogP contribution < -0.4 is 0 Å². The lowest BCUT2D eigenvalue weighted by molar-refractivity contribution is 1.23. The molecular weight excluding hydrogens is 687 g/mol. The van der Waals surface area contributed by atoms with Crippen LogP contribution in [0.3, 0.4) is 0 Å². The molecule has 0 radical (unpaired) electrons. The zero-order chi connectivity index (χ0) is 36.3. The second-order valence-electron chi connectivity index (χ2n) is 14.0. The van der Waals surface area contributed by atoms with Crippen LogP contribution in [0.5, 0.6) is 0 Å². The average molecular weight is 718 g/mol. The van der Waals surface area contributed by atoms with Crippen LogP contribution >= 0.6 is 11.3 Å². The highest BCUT2D eigenvalue weighted by atomic mass is 32.1. The maximum atomic E-state index is 5.25. The van der Waals surface area contributed by atoms with Crippen LogP contribution in [-0.2, 0) is 0 Å². The molecule has 3 nitrogen and oxygen atoms in total. The van der Waals surface area contributed by atoms with E-state index in [0.717, 1.165) is 61.2 Å². The minimum atomic E-state index is 0.717. The fraction of sp³-hybridized carbons (Fsp3) is 0. The Labute approximate surface area is 321 Å². The Morgan fingerprint density at radius 3 is 1.58 bits per heavy atom. The summed E-state index contributed by atoms with van der Waals surface area (Å²) in [6, 6.07) is 66.6. The second kappa shape index (κ2) is 12.8. The van der Waals surface area contributed by atoms with Crippen molar-refractivity contribution in [3.05, 3.63) is 188 Å². The molecule has 0 atom stereocenters. The van der Waals surface area contributed by atoms with Gasteiger partial charge in [0.15, 0.2) is 5.82 Å². The summed E-state index contributed by atoms with van der Waals surface area (Å²) >= 11 is 1.87. The zero-order valence-corrected chi connectivity index (χ0v) is 30.5. The number of pyridine rings is 1. The third-order valence-electron chi connectivity index (χ3n) is 10.7. The van der Waals surface area contributed by atoms with Gasteiger partial charge in [-0.15, -0.1) is 11.3 Å². The zero-order valence-electron chi connectivity index (χ0n) is 29.6. The van der Waals surface area contributed by atoms with Gasteiger partial charge in [0.2, 0.25) is 0 Å². The first-order valence-electron chi connectivity index (χ1n) is 18.5. The first-order valence-corrected chi connectivity index (χ1v) is 19.3. The molecule has 0 amide bonds. The van der Waals surface area contributed by atoms with Crippen molar-refractivity contribution >= 4 is 64.1 Å². The maximum Gasteiger partial charge on any atom is 0.160 e. The molecular formula is C51H31N3S. The predicted molar refractivity (Wildman–Crippen MR) is 232 cm³/mol. The number of rotatable bonds is 5. The molecule has 8 aromatic carbocycles. The van der Waals surface area contributed by atoms with E-state index in [4.69, 9.17) is 15.0 Å². The number of hydrogen-bond donors (Lipinski definition) is 0. The van der Waals surface area contributed by atoms with Crippen molar-refractivity contribution in [1.29, 1.82) is 0 Å². The van der Waals surface area contributed by atoms with Gasteiger partial charge in [-0.05, 0) is 46.5 Å². The van der Waals surface area contributed by atoms with E-state index in [1.807, 2.05) is 23.5 Å². The van der Waals surface area contributed by atoms with E-state index in [0.29, 0.717) is 5.82 Å². The van der Waals surface area contributed by atoms with Gasteiger partial charge in [0.05, 0.1) is 22.4 Å². The van der Waals surface area contributed by atoms with Crippen molar-refractivity contribution in [3.63, 3.8) is 0 Å². The van der Waals surface area contributed by atoms with E-state index in [9.17, 15) is 0 Å². The van der Waals surface area contributed by atoms with Crippen molar-refractivity contribution in [3.8, 4) is 56.2 Å². The van der Waals surface area contributed by atoms with Crippen LogP contribution in [0.25, 0.3) is 109 Å². The van der Waals surface area contributed by atoms with Gasteiger partial charge in [-0.25, -0.2) is 15.0 Å². The fourth-order valence-electron chi connectivity index (χ4n) is 7.97. The molecule has 11 aromatic rings. The molecule has 0 bridgehead atoms. The molecule has 0 N–H and O–H groups in total. The molecule has 3 aromatic heterocycles. The van der Waals surface area contributed by atoms with Crippen LogP contribution in [0.15, 0.2) is 188 Å². The van der Waals surface area contributed by atoms with Gasteiger partial charge >= 0.3 is 0 Å². The van der Waals surface area contributed by atoms with Gasteiger partial charge in [0.25, 0.3) is 0 Å². The van der Waals surface area contributed by atoms with E-state index in [1.165, 1.54) is 41.9 Å². The quantitative estimate of drug-likeness (QED) is 0.166. The Bertz CT molecular complexity index is 3240. The van der Waals surface area contributed by atoms with E-state index in [1.54, 1.807) is 0 Å². The highest BCUT2D eigenvalue weighted by Crippen LogP contribution is 2.43. The second-order valence-corrected chi connectivity index (χ2v) is 15.0. The van der Waals surface area contributed by atoms with E-state index in [2.05, 4.69) is 176 Å². The number of fused-ring (bicyclic) bond motifs is 8. The SMILES string of the molecule is c1ccc(-c2cccc(-c3nc(-c4ccc(-c5ccc(-c6nc7ccccc7c7c6ccc6c8ccccc8sc67)cc5)cc4)c4ccccc4n3)c2)cc1. The Morgan fingerprint density at radius 2 is 0.836 bits per heavy atom. The molecule has 256 valence electrons. The van der Waals surface area contributed by atoms with E-state index >= 15 is 0 Å². The molecule has 4 heteroatoms. The molecule has 0 aliphatic rings. The van der Waals surface area contributed by atoms with Crippen molar-refractivity contribution < 1.29 is 0 Å². The molecule has 3 heterocycles. The van der Waals surface area contributed by atoms with Crippen LogP contribution in [0, 0.1) is 0 Å². The Hall–Kier alpha value is -7.01. The normalized spacial score (nSPS) is 11.6. The molecule has 0 unspecified atom stereocenters. The maximum absolute atomic E-state index is 5.25. The summed E-state index contributed by atoms with van der Waals surface area (Å²) in [5.74, 6) is 0.717. The number of thiophene rings is 1. The number of para-hydroxylation sites is 2. The summed E-state index contributed by atoms with van der Waals surface area (Å²) in [5, 5.41) is 7.30. The topological polar surface area (TPSA) is 38.7 Å². The van der Waals surface area contributed by atoms with Gasteiger partial charge in [0, 0.05) is 58.4 Å². The molecule has 0 aliphatic heterocycles. The summed E-state index contributed by atoms with van der Waals surface area (Å²) in [5.41, 5.74) is 11.6. The summed E-state index contributed by atoms with van der Waals surface area (Å²) in [6.07, 6.45) is 0. The molecule has 0 aliphatic carbocycles. The lowest BCUT2D eigenvalue weighted by Gasteiger charge is -2.12. The number of hydrogen-bond acceptors (Lipinski definition) is 4. The highest BCUT2D eigenvalue weighted by molar-refractivity contribution is 7.26. The Balaban J connectivity index is 0.961. The Morgan fingerprint density at radius 1 is 0.309 bits per heavy atom. The summed E-state index contributed by atoms with van der Waals surface area (Å²) in [6.45, 7) is 0. The lowest BCUT2D eigenvalue weighted by atomic mass is 9.96. The number of nitrogens with zero attached hydrogens (tertiary/aromatic N) is 3. The molecule has 11 rings (SSSR count).